The van der Waals surface area contributed by atoms with Crippen molar-refractivity contribution in [2.75, 3.05) is 0 Å². The zero-order valence-corrected chi connectivity index (χ0v) is 18.8. The van der Waals surface area contributed by atoms with Gasteiger partial charge in [-0.1, -0.05) is 0 Å². The number of rotatable bonds is 3. The van der Waals surface area contributed by atoms with E-state index in [1.165, 1.54) is 10.1 Å². The van der Waals surface area contributed by atoms with E-state index in [-0.39, 0.29) is 18.0 Å². The van der Waals surface area contributed by atoms with Gasteiger partial charge >= 0.3 is 0 Å². The average Bonchev–Trinajstić information content (AvgIpc) is 2.49. The molecule has 1 amide bonds. The van der Waals surface area contributed by atoms with Crippen molar-refractivity contribution in [1.29, 1.82) is 0 Å². The highest BCUT2D eigenvalue weighted by Gasteiger charge is 2.52. The van der Waals surface area contributed by atoms with Gasteiger partial charge in [-0.15, -0.1) is 0 Å². The predicted molar refractivity (Wildman–Crippen MR) is 110 cm³/mol. The molecule has 0 atom stereocenters. The van der Waals surface area contributed by atoms with E-state index in [9.17, 15) is 15.2 Å². The molecule has 0 aromatic carbocycles. The number of piperidine rings is 2. The van der Waals surface area contributed by atoms with Gasteiger partial charge < -0.3 is 15.3 Å². The molecular formula is C20H40BN3O3. The van der Waals surface area contributed by atoms with Crippen molar-refractivity contribution in [3.8, 4) is 0 Å². The number of amides is 1. The van der Waals surface area contributed by atoms with Gasteiger partial charge in [-0.3, -0.25) is 4.79 Å². The first-order valence-corrected chi connectivity index (χ1v) is 10.3. The summed E-state index contributed by atoms with van der Waals surface area (Å²) in [5, 5.41) is 24.3. The van der Waals surface area contributed by atoms with Gasteiger partial charge in [0.2, 0.25) is 5.91 Å². The van der Waals surface area contributed by atoms with E-state index in [2.05, 4.69) is 4.90 Å². The van der Waals surface area contributed by atoms with Crippen molar-refractivity contribution in [3.05, 3.63) is 0 Å². The molecule has 0 unspecified atom stereocenters. The van der Waals surface area contributed by atoms with Crippen molar-refractivity contribution in [1.82, 2.24) is 15.0 Å². The molecule has 2 saturated heterocycles. The predicted octanol–water partition coefficient (Wildman–Crippen LogP) is 2.69. The molecule has 0 aromatic rings. The summed E-state index contributed by atoms with van der Waals surface area (Å²) in [4.78, 5) is 15.2. The summed E-state index contributed by atoms with van der Waals surface area (Å²) in [6, 6.07) is 0.153. The lowest BCUT2D eigenvalue weighted by Gasteiger charge is -2.58. The summed E-state index contributed by atoms with van der Waals surface area (Å²) < 4.78 is 0. The van der Waals surface area contributed by atoms with E-state index in [0.717, 1.165) is 25.7 Å². The van der Waals surface area contributed by atoms with Gasteiger partial charge in [-0.05, 0) is 87.4 Å². The zero-order chi connectivity index (χ0) is 21.0. The average molecular weight is 381 g/mol. The molecule has 0 aromatic heterocycles. The van der Waals surface area contributed by atoms with Crippen LogP contribution in [0.15, 0.2) is 0 Å². The molecule has 0 aliphatic carbocycles. The highest BCUT2D eigenvalue weighted by atomic mass is 16.5. The van der Waals surface area contributed by atoms with Gasteiger partial charge in [0.25, 0.3) is 0 Å². The van der Waals surface area contributed by atoms with E-state index >= 15 is 0 Å². The molecule has 0 radical (unpaired) electrons. The normalized spacial score (nSPS) is 28.8. The fraction of sp³-hybridized carbons (Fsp3) is 0.950. The van der Waals surface area contributed by atoms with Crippen LogP contribution in [0.25, 0.3) is 0 Å². The van der Waals surface area contributed by atoms with Crippen molar-refractivity contribution in [2.24, 2.45) is 0 Å². The third-order valence-corrected chi connectivity index (χ3v) is 6.61. The minimum atomic E-state index is -0.401. The van der Waals surface area contributed by atoms with Crippen molar-refractivity contribution in [3.63, 3.8) is 0 Å². The molecule has 2 aliphatic heterocycles. The van der Waals surface area contributed by atoms with Crippen molar-refractivity contribution in [2.45, 2.75) is 122 Å². The molecule has 27 heavy (non-hydrogen) atoms. The van der Waals surface area contributed by atoms with Crippen molar-refractivity contribution >= 4 is 13.8 Å². The van der Waals surface area contributed by atoms with Gasteiger partial charge in [-0.2, -0.15) is 10.1 Å². The molecule has 2 heterocycles. The van der Waals surface area contributed by atoms with Gasteiger partial charge in [0.15, 0.2) is 0 Å². The first kappa shape index (κ1) is 22.7. The Kier molecular flexibility index (Phi) is 5.88. The third-order valence-electron chi connectivity index (χ3n) is 6.61. The maximum Gasteiger partial charge on any atom is 0.215 e. The Balaban J connectivity index is 2.40. The van der Waals surface area contributed by atoms with Crippen LogP contribution in [0.3, 0.4) is 0 Å². The molecule has 6 nitrogen and oxygen atoms in total. The summed E-state index contributed by atoms with van der Waals surface area (Å²) >= 11 is 0. The Bertz CT molecular complexity index is 499. The minimum Gasteiger partial charge on any atom is -0.337 e. The fourth-order valence-corrected chi connectivity index (χ4v) is 5.72. The zero-order valence-electron chi connectivity index (χ0n) is 18.8. The quantitative estimate of drug-likeness (QED) is 0.736. The molecule has 0 spiro atoms. The SMILES string of the molecule is BCC(=O)N(C1CC(C)(C)N(O)C(C)(C)C1)C1CC(C)(C)N(O)C(C)(C)C1. The van der Waals surface area contributed by atoms with E-state index in [0.29, 0.717) is 6.32 Å². The molecule has 2 fully saturated rings. The second-order valence-electron chi connectivity index (χ2n) is 11.2. The number of carbonyl (C=O) groups excluding carboxylic acids is 1. The molecule has 7 heteroatoms. The lowest BCUT2D eigenvalue weighted by atomic mass is 9.74. The molecule has 0 saturated carbocycles. The first-order chi connectivity index (χ1) is 12.0. The minimum absolute atomic E-state index is 0.0766. The molecule has 0 bridgehead atoms. The molecular weight excluding hydrogens is 341 g/mol. The lowest BCUT2D eigenvalue weighted by Crippen LogP contribution is -2.68. The highest BCUT2D eigenvalue weighted by Crippen LogP contribution is 2.44. The Hall–Kier alpha value is -0.625. The second kappa shape index (κ2) is 7.01. The fourth-order valence-electron chi connectivity index (χ4n) is 5.72. The van der Waals surface area contributed by atoms with E-state index in [4.69, 9.17) is 0 Å². The topological polar surface area (TPSA) is 67.2 Å². The number of hydrogen-bond acceptors (Lipinski definition) is 5. The van der Waals surface area contributed by atoms with Crippen LogP contribution in [-0.4, -0.2) is 73.4 Å². The molecule has 156 valence electrons. The highest BCUT2D eigenvalue weighted by molar-refractivity contribution is 6.19. The largest absolute Gasteiger partial charge is 0.337 e. The van der Waals surface area contributed by atoms with Crippen LogP contribution < -0.4 is 0 Å². The number of carbonyl (C=O) groups is 1. The first-order valence-electron chi connectivity index (χ1n) is 10.3. The smallest absolute Gasteiger partial charge is 0.215 e. The Morgan fingerprint density at radius 3 is 1.30 bits per heavy atom. The van der Waals surface area contributed by atoms with Gasteiger partial charge in [0.05, 0.1) is 0 Å². The number of hydrogen-bond donors (Lipinski definition) is 2. The van der Waals surface area contributed by atoms with Gasteiger partial charge in [0.1, 0.15) is 7.85 Å². The maximum atomic E-state index is 13.1. The molecule has 2 aliphatic rings. The summed E-state index contributed by atoms with van der Waals surface area (Å²) in [6.45, 7) is 16.3. The number of nitrogens with zero attached hydrogens (tertiary/aromatic N) is 3. The standard InChI is InChI=1S/C20H40BN3O3/c1-17(2)9-14(10-18(3,4)23(17)26)22(16(25)13-21)15-11-19(5,6)24(27)20(7,8)12-15/h14-15,26-27H,9-13,21H2,1-8H3. The van der Waals surface area contributed by atoms with Gasteiger partial charge in [0, 0.05) is 34.2 Å². The summed E-state index contributed by atoms with van der Waals surface area (Å²) in [5.74, 6) is 0.168. The third kappa shape index (κ3) is 4.21. The monoisotopic (exact) mass is 381 g/mol. The van der Waals surface area contributed by atoms with Crippen LogP contribution in [0.1, 0.15) is 81.1 Å². The van der Waals surface area contributed by atoms with E-state index < -0.39 is 22.2 Å². The summed E-state index contributed by atoms with van der Waals surface area (Å²) in [6.07, 6.45) is 3.41. The Labute approximate surface area is 166 Å². The van der Waals surface area contributed by atoms with Crippen LogP contribution in [0.4, 0.5) is 0 Å². The number of hydroxylamine groups is 4. The molecule has 2 rings (SSSR count). The summed E-state index contributed by atoms with van der Waals surface area (Å²) in [7, 11) is 1.92. The molecule has 2 N–H and O–H groups in total. The Morgan fingerprint density at radius 1 is 0.815 bits per heavy atom. The lowest BCUT2D eigenvalue weighted by molar-refractivity contribution is -0.264. The maximum absolute atomic E-state index is 13.1. The summed E-state index contributed by atoms with van der Waals surface area (Å²) in [5.41, 5.74) is -1.61. The van der Waals surface area contributed by atoms with Crippen molar-refractivity contribution < 1.29 is 15.2 Å². The van der Waals surface area contributed by atoms with E-state index in [1.54, 1.807) is 0 Å². The van der Waals surface area contributed by atoms with Gasteiger partial charge in [-0.25, -0.2) is 0 Å². The van der Waals surface area contributed by atoms with Crippen LogP contribution in [0.2, 0.25) is 6.32 Å². The van der Waals surface area contributed by atoms with Crippen LogP contribution in [-0.2, 0) is 4.79 Å². The van der Waals surface area contributed by atoms with Crippen LogP contribution >= 0.6 is 0 Å². The van der Waals surface area contributed by atoms with Crippen LogP contribution in [0.5, 0.6) is 0 Å². The second-order valence-corrected chi connectivity index (χ2v) is 11.2. The Morgan fingerprint density at radius 2 is 1.07 bits per heavy atom. The van der Waals surface area contributed by atoms with Crippen LogP contribution in [0, 0.1) is 0 Å². The van der Waals surface area contributed by atoms with E-state index in [1.807, 2.05) is 63.2 Å².